The molecule has 0 bridgehead atoms. The molecule has 3 amide bonds. The number of sulfonamides is 1. The van der Waals surface area contributed by atoms with Crippen LogP contribution in [-0.4, -0.2) is 50.3 Å². The van der Waals surface area contributed by atoms with Crippen LogP contribution < -0.4 is 33.0 Å². The molecule has 2 aromatic rings. The first kappa shape index (κ1) is 30.4. The number of carbonyl (C=O) groups excluding carboxylic acids is 2. The molecule has 2 aromatic carbocycles. The lowest BCUT2D eigenvalue weighted by Gasteiger charge is -2.31. The minimum atomic E-state index is -4.22. The van der Waals surface area contributed by atoms with Crippen molar-refractivity contribution >= 4 is 27.9 Å². The van der Waals surface area contributed by atoms with Crippen molar-refractivity contribution in [3.8, 4) is 5.75 Å². The summed E-state index contributed by atoms with van der Waals surface area (Å²) in [6, 6.07) is 6.76. The topological polar surface area (TPSA) is 209 Å². The van der Waals surface area contributed by atoms with Crippen molar-refractivity contribution in [3.05, 3.63) is 58.1 Å². The first-order chi connectivity index (χ1) is 17.8. The predicted octanol–water partition coefficient (Wildman–Crippen LogP) is 0.887. The average Bonchev–Trinajstić information content (AvgIpc) is 2.84. The smallest absolute Gasteiger partial charge is 0.312 e. The van der Waals surface area contributed by atoms with Crippen LogP contribution in [0, 0.1) is 20.8 Å². The van der Waals surface area contributed by atoms with Crippen LogP contribution in [0.15, 0.2) is 40.2 Å². The molecule has 2 rings (SSSR count). The highest BCUT2D eigenvalue weighted by molar-refractivity contribution is 7.89. The molecule has 0 aliphatic heterocycles. The van der Waals surface area contributed by atoms with Gasteiger partial charge in [0.05, 0.1) is 12.0 Å². The van der Waals surface area contributed by atoms with Crippen molar-refractivity contribution in [2.24, 2.45) is 27.9 Å². The van der Waals surface area contributed by atoms with E-state index in [0.29, 0.717) is 34.4 Å². The summed E-state index contributed by atoms with van der Waals surface area (Å²) < 4.78 is 34.9. The van der Waals surface area contributed by atoms with Crippen LogP contribution in [0.4, 0.5) is 4.79 Å². The molecule has 0 saturated heterocycles. The number of rotatable bonds is 13. The van der Waals surface area contributed by atoms with E-state index in [1.807, 2.05) is 0 Å². The number of nitrogens with zero attached hydrogens (tertiary/aromatic N) is 2. The Morgan fingerprint density at radius 3 is 2.16 bits per heavy atom. The van der Waals surface area contributed by atoms with E-state index in [1.165, 1.54) is 7.11 Å². The Kier molecular flexibility index (Phi) is 10.5. The van der Waals surface area contributed by atoms with Gasteiger partial charge in [-0.3, -0.25) is 9.79 Å². The second-order valence-corrected chi connectivity index (χ2v) is 10.8. The van der Waals surface area contributed by atoms with Gasteiger partial charge in [0.25, 0.3) is 0 Å². The Bertz CT molecular complexity index is 1290. The number of primary amides is 2. The summed E-state index contributed by atoms with van der Waals surface area (Å²) in [4.78, 5) is 27.6. The van der Waals surface area contributed by atoms with Crippen LogP contribution in [0.25, 0.3) is 0 Å². The fourth-order valence-electron chi connectivity index (χ4n) is 4.16. The maximum Gasteiger partial charge on any atom is 0.312 e. The van der Waals surface area contributed by atoms with E-state index in [9.17, 15) is 18.0 Å². The Hall–Kier alpha value is -3.84. The molecule has 0 spiro atoms. The molecule has 9 N–H and O–H groups in total. The summed E-state index contributed by atoms with van der Waals surface area (Å²) in [7, 11) is -2.70. The number of amides is 3. The minimum Gasteiger partial charge on any atom is -0.496 e. The van der Waals surface area contributed by atoms with Gasteiger partial charge in [0, 0.05) is 19.6 Å². The van der Waals surface area contributed by atoms with E-state index in [1.54, 1.807) is 51.1 Å². The molecule has 0 aromatic heterocycles. The first-order valence-corrected chi connectivity index (χ1v) is 13.4. The van der Waals surface area contributed by atoms with Gasteiger partial charge in [-0.15, -0.1) is 0 Å². The Balaban J connectivity index is 2.56. The second-order valence-electron chi connectivity index (χ2n) is 8.93. The molecule has 38 heavy (non-hydrogen) atoms. The quantitative estimate of drug-likeness (QED) is 0.139. The number of aryl methyl sites for hydroxylation is 1. The summed E-state index contributed by atoms with van der Waals surface area (Å²) in [6.07, 6.45) is 0.439. The predicted molar refractivity (Wildman–Crippen MR) is 146 cm³/mol. The zero-order valence-electron chi connectivity index (χ0n) is 22.2. The van der Waals surface area contributed by atoms with E-state index in [0.717, 1.165) is 9.87 Å². The molecular weight excluding hydrogens is 510 g/mol. The van der Waals surface area contributed by atoms with Crippen LogP contribution in [-0.2, 0) is 27.9 Å². The molecule has 0 heterocycles. The second kappa shape index (κ2) is 13.1. The van der Waals surface area contributed by atoms with Crippen molar-refractivity contribution in [1.82, 2.24) is 9.62 Å². The van der Waals surface area contributed by atoms with Gasteiger partial charge in [0.15, 0.2) is 5.96 Å². The number of ether oxygens (including phenoxy) is 1. The molecule has 0 fully saturated rings. The normalized spacial score (nSPS) is 12.1. The monoisotopic (exact) mass is 547 g/mol. The number of benzene rings is 2. The summed E-state index contributed by atoms with van der Waals surface area (Å²) in [5.41, 5.74) is 24.7. The van der Waals surface area contributed by atoms with Gasteiger partial charge in [-0.2, -0.15) is 4.31 Å². The fraction of sp³-hybridized carbons (Fsp3) is 0.400. The Morgan fingerprint density at radius 2 is 1.63 bits per heavy atom. The summed E-state index contributed by atoms with van der Waals surface area (Å²) in [5, 5.41) is 2.50. The van der Waals surface area contributed by atoms with Crippen molar-refractivity contribution in [1.29, 1.82) is 0 Å². The SMILES string of the molecule is COc1cc(C)c(S(=O)(=O)N(Cc2ccc(CNC(N)=O)cc2)[C@H](CCCN=C(N)N)C(N)=O)c(C)c1C. The number of aliphatic imine (C=N–C) groups is 1. The van der Waals surface area contributed by atoms with Gasteiger partial charge in [-0.25, -0.2) is 13.2 Å². The van der Waals surface area contributed by atoms with E-state index >= 15 is 0 Å². The van der Waals surface area contributed by atoms with Crippen LogP contribution in [0.3, 0.4) is 0 Å². The van der Waals surface area contributed by atoms with Gasteiger partial charge in [0.2, 0.25) is 15.9 Å². The standard InChI is InChI=1S/C25H37N7O5S/c1-15-12-21(37-4)16(2)17(3)22(15)38(35,36)32(20(23(26)33)6-5-11-30-24(27)28)14-19-9-7-18(8-10-19)13-31-25(29)34/h7-10,12,20H,5-6,11,13-14H2,1-4H3,(H2,26,33)(H4,27,28,30)(H3,29,31,34)/t20-/m1/s1. The molecule has 1 atom stereocenters. The number of carbonyl (C=O) groups is 2. The number of nitrogens with one attached hydrogen (secondary N) is 1. The van der Waals surface area contributed by atoms with Crippen molar-refractivity contribution in [2.75, 3.05) is 13.7 Å². The third kappa shape index (κ3) is 7.59. The molecule has 208 valence electrons. The van der Waals surface area contributed by atoms with Crippen LogP contribution in [0.5, 0.6) is 5.75 Å². The number of methoxy groups -OCH3 is 1. The summed E-state index contributed by atoms with van der Waals surface area (Å²) in [5.74, 6) is -0.327. The average molecular weight is 548 g/mol. The van der Waals surface area contributed by atoms with Crippen LogP contribution >= 0.6 is 0 Å². The minimum absolute atomic E-state index is 0.0913. The van der Waals surface area contributed by atoms with Gasteiger partial charge in [-0.1, -0.05) is 24.3 Å². The highest BCUT2D eigenvalue weighted by Crippen LogP contribution is 2.34. The van der Waals surface area contributed by atoms with Crippen molar-refractivity contribution in [2.45, 2.75) is 57.6 Å². The van der Waals surface area contributed by atoms with Crippen molar-refractivity contribution < 1.29 is 22.7 Å². The maximum atomic E-state index is 14.2. The zero-order valence-corrected chi connectivity index (χ0v) is 23.0. The Labute approximate surface area is 223 Å². The number of urea groups is 1. The van der Waals surface area contributed by atoms with Gasteiger partial charge in [-0.05, 0) is 67.5 Å². The highest BCUT2D eigenvalue weighted by Gasteiger charge is 2.37. The number of hydrogen-bond donors (Lipinski definition) is 5. The van der Waals surface area contributed by atoms with E-state index in [4.69, 9.17) is 27.7 Å². The maximum absolute atomic E-state index is 14.2. The van der Waals surface area contributed by atoms with Crippen LogP contribution in [0.2, 0.25) is 0 Å². The van der Waals surface area contributed by atoms with Crippen molar-refractivity contribution in [3.63, 3.8) is 0 Å². The lowest BCUT2D eigenvalue weighted by Crippen LogP contribution is -2.47. The number of hydrogen-bond acceptors (Lipinski definition) is 6. The van der Waals surface area contributed by atoms with E-state index < -0.39 is 28.0 Å². The molecule has 0 radical (unpaired) electrons. The van der Waals surface area contributed by atoms with E-state index in [-0.39, 0.29) is 36.9 Å². The van der Waals surface area contributed by atoms with Gasteiger partial charge >= 0.3 is 6.03 Å². The fourth-order valence-corrected chi connectivity index (χ4v) is 6.27. The summed E-state index contributed by atoms with van der Waals surface area (Å²) in [6.45, 7) is 5.46. The first-order valence-electron chi connectivity index (χ1n) is 11.9. The lowest BCUT2D eigenvalue weighted by molar-refractivity contribution is -0.122. The van der Waals surface area contributed by atoms with Gasteiger partial charge < -0.3 is 33.0 Å². The molecule has 0 aliphatic carbocycles. The van der Waals surface area contributed by atoms with Gasteiger partial charge in [0.1, 0.15) is 11.8 Å². The Morgan fingerprint density at radius 1 is 1.03 bits per heavy atom. The molecule has 12 nitrogen and oxygen atoms in total. The van der Waals surface area contributed by atoms with Crippen LogP contribution in [0.1, 0.15) is 40.7 Å². The highest BCUT2D eigenvalue weighted by atomic mass is 32.2. The molecule has 0 saturated carbocycles. The number of guanidine groups is 1. The number of nitrogens with two attached hydrogens (primary N) is 4. The largest absolute Gasteiger partial charge is 0.496 e. The molecular formula is C25H37N7O5S. The van der Waals surface area contributed by atoms with E-state index in [2.05, 4.69) is 10.3 Å². The molecule has 0 aliphatic rings. The lowest BCUT2D eigenvalue weighted by atomic mass is 10.1. The third-order valence-electron chi connectivity index (χ3n) is 6.20. The molecule has 0 unspecified atom stereocenters. The molecule has 13 heteroatoms. The summed E-state index contributed by atoms with van der Waals surface area (Å²) >= 11 is 0. The third-order valence-corrected chi connectivity index (χ3v) is 8.34. The zero-order chi connectivity index (χ0) is 28.6.